The van der Waals surface area contributed by atoms with Crippen LogP contribution >= 0.6 is 15.8 Å². The van der Waals surface area contributed by atoms with Crippen LogP contribution in [-0.4, -0.2) is 62.4 Å². The number of benzene rings is 2. The first-order valence-corrected chi connectivity index (χ1v) is 20.6. The molecule has 2 saturated carbocycles. The van der Waals surface area contributed by atoms with Crippen molar-refractivity contribution in [1.29, 1.82) is 0 Å². The first-order valence-electron chi connectivity index (χ1n) is 14.2. The monoisotopic (exact) mass is 670 g/mol. The molecule has 220 valence electrons. The minimum Gasteiger partial charge on any atom is -0.744 e. The van der Waals surface area contributed by atoms with Crippen LogP contribution in [0.2, 0.25) is 0 Å². The molecule has 0 spiro atoms. The number of rotatable bonds is 6. The van der Waals surface area contributed by atoms with Crippen LogP contribution in [0.5, 0.6) is 0 Å². The summed E-state index contributed by atoms with van der Waals surface area (Å²) in [7, 11) is -9.90. The van der Waals surface area contributed by atoms with Gasteiger partial charge in [-0.15, -0.1) is 0 Å². The van der Waals surface area contributed by atoms with Crippen LogP contribution in [0.15, 0.2) is 58.3 Å². The fraction of sp³-hybridized carbons (Fsp3) is 0.571. The maximum Gasteiger partial charge on any atom is 1.00 e. The van der Waals surface area contributed by atoms with Crippen LogP contribution in [0.3, 0.4) is 0 Å². The summed E-state index contributed by atoms with van der Waals surface area (Å²) < 4.78 is 69.4. The molecule has 0 N–H and O–H groups in total. The van der Waals surface area contributed by atoms with E-state index in [4.69, 9.17) is 0 Å². The quantitative estimate of drug-likeness (QED) is 0.245. The third kappa shape index (κ3) is 9.86. The molecule has 1 saturated heterocycles. The van der Waals surface area contributed by atoms with Crippen molar-refractivity contribution < 1.29 is 85.1 Å². The smallest absolute Gasteiger partial charge is 0.744 e. The Labute approximate surface area is 298 Å². The number of nitrogens with zero attached hydrogens (tertiary/aromatic N) is 2. The second-order valence-corrected chi connectivity index (χ2v) is 19.0. The molecule has 0 bridgehead atoms. The Hall–Kier alpha value is 0.720. The summed E-state index contributed by atoms with van der Waals surface area (Å²) in [5.74, 6) is 0. The summed E-state index contributed by atoms with van der Waals surface area (Å²) in [5, 5.41) is 0. The molecule has 0 atom stereocenters. The van der Waals surface area contributed by atoms with E-state index in [2.05, 4.69) is 9.80 Å². The number of hydrogen-bond acceptors (Lipinski definition) is 8. The second-order valence-electron chi connectivity index (χ2n) is 11.3. The van der Waals surface area contributed by atoms with Gasteiger partial charge in [0.2, 0.25) is 0 Å². The molecule has 42 heavy (non-hydrogen) atoms. The van der Waals surface area contributed by atoms with E-state index in [1.54, 1.807) is 24.3 Å². The molecule has 2 aliphatic carbocycles. The predicted octanol–water partition coefficient (Wildman–Crippen LogP) is 0.289. The van der Waals surface area contributed by atoms with Crippen LogP contribution in [0.25, 0.3) is 0 Å². The Bertz CT molecular complexity index is 1240. The molecule has 3 fully saturated rings. The molecule has 0 unspecified atom stereocenters. The maximum atomic E-state index is 11.6. The first kappa shape index (κ1) is 37.2. The Morgan fingerprint density at radius 1 is 0.524 bits per heavy atom. The minimum atomic E-state index is -4.49. The molecular weight excluding hydrogens is 632 g/mol. The van der Waals surface area contributed by atoms with Gasteiger partial charge in [-0.3, -0.25) is 0 Å². The van der Waals surface area contributed by atoms with Crippen LogP contribution in [0, 0.1) is 0 Å². The summed E-state index contributed by atoms with van der Waals surface area (Å²) in [6, 6.07) is 13.0. The Balaban J connectivity index is 0.00000242. The third-order valence-corrected chi connectivity index (χ3v) is 16.2. The van der Waals surface area contributed by atoms with Crippen molar-refractivity contribution in [3.63, 3.8) is 0 Å². The van der Waals surface area contributed by atoms with Crippen LogP contribution in [-0.2, 0) is 20.2 Å². The Morgan fingerprint density at radius 2 is 0.810 bits per heavy atom. The van der Waals surface area contributed by atoms with Gasteiger partial charge in [0.15, 0.2) is 0 Å². The zero-order chi connectivity index (χ0) is 28.3. The average molecular weight is 671 g/mol. The van der Waals surface area contributed by atoms with Gasteiger partial charge in [0.05, 0.1) is 9.79 Å². The van der Waals surface area contributed by atoms with E-state index >= 15 is 0 Å². The molecule has 14 heteroatoms. The van der Waals surface area contributed by atoms with Gasteiger partial charge >= 0.3 is 59.1 Å². The molecule has 1 heterocycles. The van der Waals surface area contributed by atoms with Gasteiger partial charge in [-0.2, -0.15) is 0 Å². The Kier molecular flexibility index (Phi) is 14.6. The van der Waals surface area contributed by atoms with Crippen molar-refractivity contribution in [2.75, 3.05) is 34.9 Å². The van der Waals surface area contributed by atoms with E-state index in [1.807, 2.05) is 0 Å². The molecular formula is C28H38N2Na2O6P2S2. The molecule has 8 nitrogen and oxygen atoms in total. The van der Waals surface area contributed by atoms with Gasteiger partial charge < -0.3 is 18.9 Å². The van der Waals surface area contributed by atoms with Crippen molar-refractivity contribution >= 4 is 47.5 Å². The van der Waals surface area contributed by atoms with Gasteiger partial charge in [-0.1, -0.05) is 54.4 Å². The number of hydrogen-bond donors (Lipinski definition) is 0. The van der Waals surface area contributed by atoms with E-state index < -0.39 is 36.1 Å². The summed E-state index contributed by atoms with van der Waals surface area (Å²) in [5.41, 5.74) is 3.24. The van der Waals surface area contributed by atoms with E-state index in [0.29, 0.717) is 11.3 Å². The van der Waals surface area contributed by atoms with E-state index in [0.717, 1.165) is 36.5 Å². The Morgan fingerprint density at radius 3 is 1.07 bits per heavy atom. The molecule has 0 radical (unpaired) electrons. The molecule has 5 rings (SSSR count). The van der Waals surface area contributed by atoms with Crippen molar-refractivity contribution in [3.05, 3.63) is 48.5 Å². The van der Waals surface area contributed by atoms with Crippen LogP contribution in [0.1, 0.15) is 64.2 Å². The predicted molar refractivity (Wildman–Crippen MR) is 161 cm³/mol. The normalized spacial score (nSPS) is 23.3. The topological polar surface area (TPSA) is 121 Å². The van der Waals surface area contributed by atoms with Gasteiger partial charge in [-0.05, 0) is 85.5 Å². The molecule has 2 aromatic carbocycles. The van der Waals surface area contributed by atoms with Crippen molar-refractivity contribution in [2.24, 2.45) is 0 Å². The van der Waals surface area contributed by atoms with Gasteiger partial charge in [-0.25, -0.2) is 16.8 Å². The standard InChI is InChI=1S/C28H40N2O6P2S2.2Na/c31-39(32,33)27-15-11-23(12-16-27)29-19-37(25-7-3-1-4-8-25)20-30(22-38(21-29)26-9-5-2-6-10-26)24-13-17-28(18-14-24)40(34,35)36;;/h11-18,25-26H,1-10,19-22H2,(H,31,32,33)(H,34,35,36);;/q;2*+1/p-2. The second kappa shape index (κ2) is 16.5. The SMILES string of the molecule is O=S(=O)([O-])c1ccc(N2CP(C3CCCCC3)CN(c3ccc(S(=O)(=O)[O-])cc3)CP(C3CCCCC3)C2)cc1.[Na+].[Na+]. The van der Waals surface area contributed by atoms with Gasteiger partial charge in [0.25, 0.3) is 0 Å². The fourth-order valence-electron chi connectivity index (χ4n) is 6.38. The van der Waals surface area contributed by atoms with E-state index in [1.165, 1.54) is 88.5 Å². The number of anilines is 2. The zero-order valence-corrected chi connectivity index (χ0v) is 32.1. The summed E-state index contributed by atoms with van der Waals surface area (Å²) in [4.78, 5) is 4.57. The van der Waals surface area contributed by atoms with Crippen LogP contribution < -0.4 is 68.9 Å². The van der Waals surface area contributed by atoms with Gasteiger partial charge in [0.1, 0.15) is 20.2 Å². The van der Waals surface area contributed by atoms with Crippen molar-refractivity contribution in [1.82, 2.24) is 0 Å². The molecule has 0 amide bonds. The van der Waals surface area contributed by atoms with Crippen molar-refractivity contribution in [3.8, 4) is 0 Å². The molecule has 3 aliphatic rings. The zero-order valence-electron chi connectivity index (χ0n) is 24.7. The minimum absolute atomic E-state index is 0. The molecule has 2 aromatic rings. The summed E-state index contributed by atoms with van der Waals surface area (Å²) in [6.07, 6.45) is 16.0. The molecule has 1 aliphatic heterocycles. The van der Waals surface area contributed by atoms with Crippen LogP contribution in [0.4, 0.5) is 11.4 Å². The van der Waals surface area contributed by atoms with Gasteiger partial charge in [0, 0.05) is 36.5 Å². The fourth-order valence-corrected chi connectivity index (χ4v) is 13.7. The third-order valence-electron chi connectivity index (χ3n) is 8.57. The first-order chi connectivity index (χ1) is 19.1. The average Bonchev–Trinajstić information content (AvgIpc) is 2.93. The summed E-state index contributed by atoms with van der Waals surface area (Å²) >= 11 is 0. The van der Waals surface area contributed by atoms with E-state index in [-0.39, 0.29) is 68.9 Å². The molecule has 0 aromatic heterocycles. The van der Waals surface area contributed by atoms with Crippen molar-refractivity contribution in [2.45, 2.75) is 85.3 Å². The summed E-state index contributed by atoms with van der Waals surface area (Å²) in [6.45, 7) is 0. The maximum absolute atomic E-state index is 11.6. The van der Waals surface area contributed by atoms with E-state index in [9.17, 15) is 25.9 Å². The largest absolute Gasteiger partial charge is 1.00 e.